The van der Waals surface area contributed by atoms with Gasteiger partial charge in [0.15, 0.2) is 0 Å². The standard InChI is InChI=1S/C25H26F6N2O2.ClH.H2O/c1-16(17-11-19(24(26,27)28)13-20(12-17)25(29,30)31)35-15-23(18-5-3-2-4-6-18)10-9-22(14-32-23)8-7-21(34)33-22;;/h2-6,11-13,16,32H,7-10,14-15H2,1H3,(H,33,34);1H;1H2/p+1/t16-,22-,23-;;/m1../s1. The quantitative estimate of drug-likeness (QED) is 0.539. The van der Waals surface area contributed by atoms with Gasteiger partial charge in [0.1, 0.15) is 12.1 Å². The maximum atomic E-state index is 13.3. The van der Waals surface area contributed by atoms with E-state index in [4.69, 9.17) is 4.74 Å². The third kappa shape index (κ3) is 6.76. The summed E-state index contributed by atoms with van der Waals surface area (Å²) in [6.07, 6.45) is -8.32. The van der Waals surface area contributed by atoms with Gasteiger partial charge in [0.05, 0.1) is 29.3 Å². The zero-order valence-electron chi connectivity index (χ0n) is 20.0. The van der Waals surface area contributed by atoms with Crippen LogP contribution in [-0.2, 0) is 27.4 Å². The normalized spacial score (nSPS) is 24.7. The van der Waals surface area contributed by atoms with Crippen molar-refractivity contribution >= 4 is 18.3 Å². The third-order valence-corrected chi connectivity index (χ3v) is 7.19. The minimum atomic E-state index is -4.92. The Kier molecular flexibility index (Phi) is 9.33. The molecule has 1 spiro atoms. The minimum Gasteiger partial charge on any atom is -0.412 e. The molecule has 0 unspecified atom stereocenters. The number of nitrogens with one attached hydrogen (secondary N) is 1. The summed E-state index contributed by atoms with van der Waals surface area (Å²) in [5.41, 5.74) is -2.85. The molecule has 37 heavy (non-hydrogen) atoms. The summed E-state index contributed by atoms with van der Waals surface area (Å²) in [7, 11) is 0. The van der Waals surface area contributed by atoms with Gasteiger partial charge >= 0.3 is 12.4 Å². The Morgan fingerprint density at radius 2 is 1.57 bits per heavy atom. The van der Waals surface area contributed by atoms with Crippen LogP contribution >= 0.6 is 12.4 Å². The molecule has 5 N–H and O–H groups in total. The van der Waals surface area contributed by atoms with Gasteiger partial charge in [-0.15, -0.1) is 12.4 Å². The van der Waals surface area contributed by atoms with Gasteiger partial charge in [0, 0.05) is 18.4 Å². The van der Waals surface area contributed by atoms with Crippen molar-refractivity contribution in [3.05, 3.63) is 70.8 Å². The molecule has 4 rings (SSSR count). The Labute approximate surface area is 216 Å². The third-order valence-electron chi connectivity index (χ3n) is 7.19. The second-order valence-corrected chi connectivity index (χ2v) is 9.55. The number of hydrogen-bond acceptors (Lipinski definition) is 2. The zero-order valence-corrected chi connectivity index (χ0v) is 20.8. The van der Waals surface area contributed by atoms with Crippen LogP contribution in [0.3, 0.4) is 0 Å². The summed E-state index contributed by atoms with van der Waals surface area (Å²) in [6.45, 7) is 2.14. The number of alkyl halides is 6. The van der Waals surface area contributed by atoms with Gasteiger partial charge in [0.25, 0.3) is 0 Å². The molecule has 1 amide bonds. The molecular weight excluding hydrogens is 526 g/mol. The van der Waals surface area contributed by atoms with Crippen molar-refractivity contribution in [1.82, 2.24) is 5.32 Å². The average molecular weight is 556 g/mol. The first-order valence-corrected chi connectivity index (χ1v) is 11.4. The van der Waals surface area contributed by atoms with Gasteiger partial charge in [-0.25, -0.2) is 0 Å². The first-order valence-electron chi connectivity index (χ1n) is 11.4. The lowest BCUT2D eigenvalue weighted by Crippen LogP contribution is -3.01. The highest BCUT2D eigenvalue weighted by molar-refractivity contribution is 5.85. The summed E-state index contributed by atoms with van der Waals surface area (Å²) in [6, 6.07) is 11.0. The number of carbonyl (C=O) groups excluding carboxylic acids is 1. The van der Waals surface area contributed by atoms with Crippen LogP contribution in [0, 0.1) is 0 Å². The Balaban J connectivity index is 0.00000241. The van der Waals surface area contributed by atoms with E-state index in [1.807, 2.05) is 30.3 Å². The molecule has 0 radical (unpaired) electrons. The number of piperidine rings is 1. The summed E-state index contributed by atoms with van der Waals surface area (Å²) >= 11 is 0. The highest BCUT2D eigenvalue weighted by Gasteiger charge is 2.50. The minimum absolute atomic E-state index is 0. The Morgan fingerprint density at radius 3 is 2.03 bits per heavy atom. The number of benzene rings is 2. The first kappa shape index (κ1) is 30.9. The van der Waals surface area contributed by atoms with Crippen molar-refractivity contribution in [1.29, 1.82) is 0 Å². The molecule has 2 aromatic rings. The Bertz CT molecular complexity index is 1040. The van der Waals surface area contributed by atoms with E-state index >= 15 is 0 Å². The van der Waals surface area contributed by atoms with Crippen LogP contribution in [0.25, 0.3) is 0 Å². The van der Waals surface area contributed by atoms with Gasteiger partial charge in [0.2, 0.25) is 5.91 Å². The van der Waals surface area contributed by atoms with E-state index < -0.39 is 35.1 Å². The number of carbonyl (C=O) groups is 1. The van der Waals surface area contributed by atoms with E-state index in [2.05, 4.69) is 10.6 Å². The lowest BCUT2D eigenvalue weighted by molar-refractivity contribution is -0.754. The molecule has 5 nitrogen and oxygen atoms in total. The van der Waals surface area contributed by atoms with Crippen molar-refractivity contribution in [2.45, 2.75) is 62.1 Å². The molecule has 2 saturated heterocycles. The smallest absolute Gasteiger partial charge is 0.412 e. The molecular formula is C25H30ClF6N2O3+. The molecule has 2 fully saturated rings. The lowest BCUT2D eigenvalue weighted by Gasteiger charge is -2.43. The van der Waals surface area contributed by atoms with Crippen LogP contribution in [0.15, 0.2) is 48.5 Å². The molecule has 0 aromatic heterocycles. The van der Waals surface area contributed by atoms with Crippen LogP contribution < -0.4 is 10.6 Å². The highest BCUT2D eigenvalue weighted by Crippen LogP contribution is 2.39. The summed E-state index contributed by atoms with van der Waals surface area (Å²) in [4.78, 5) is 11.8. The van der Waals surface area contributed by atoms with E-state index in [0.29, 0.717) is 37.9 Å². The average Bonchev–Trinajstić information content (AvgIpc) is 3.18. The van der Waals surface area contributed by atoms with Crippen LogP contribution in [0.2, 0.25) is 0 Å². The SMILES string of the molecule is C[C@@H](OC[C@@]1(c2ccccc2)CC[C@]2(CCC(=O)N2)C[NH2+]1)c1cc(C(F)(F)F)cc(C(F)(F)F)c1.Cl.O. The number of amides is 1. The van der Waals surface area contributed by atoms with Crippen molar-refractivity contribution in [2.75, 3.05) is 13.2 Å². The number of nitrogens with two attached hydrogens (primary N) is 1. The van der Waals surface area contributed by atoms with E-state index in [1.54, 1.807) is 0 Å². The number of quaternary nitrogens is 1. The second-order valence-electron chi connectivity index (χ2n) is 9.55. The molecule has 0 aliphatic carbocycles. The van der Waals surface area contributed by atoms with E-state index in [9.17, 15) is 31.1 Å². The van der Waals surface area contributed by atoms with Crippen molar-refractivity contribution < 1.29 is 46.7 Å². The van der Waals surface area contributed by atoms with Gasteiger partial charge in [-0.3, -0.25) is 4.79 Å². The topological polar surface area (TPSA) is 86.4 Å². The summed E-state index contributed by atoms with van der Waals surface area (Å²) in [5.74, 6) is 0.0144. The Morgan fingerprint density at radius 1 is 0.973 bits per heavy atom. The van der Waals surface area contributed by atoms with Crippen molar-refractivity contribution in [3.63, 3.8) is 0 Å². The van der Waals surface area contributed by atoms with E-state index in [1.165, 1.54) is 6.92 Å². The maximum Gasteiger partial charge on any atom is 0.416 e. The fraction of sp³-hybridized carbons (Fsp3) is 0.480. The molecule has 2 aromatic carbocycles. The van der Waals surface area contributed by atoms with Crippen LogP contribution in [0.1, 0.15) is 61.0 Å². The molecule has 0 saturated carbocycles. The first-order chi connectivity index (χ1) is 16.3. The van der Waals surface area contributed by atoms with E-state index in [0.717, 1.165) is 12.0 Å². The molecule has 3 atom stereocenters. The molecule has 2 aliphatic rings. The molecule has 0 bridgehead atoms. The Hall–Kier alpha value is -2.34. The predicted molar refractivity (Wildman–Crippen MR) is 126 cm³/mol. The molecule has 12 heteroatoms. The van der Waals surface area contributed by atoms with Crippen LogP contribution in [-0.4, -0.2) is 30.1 Å². The van der Waals surface area contributed by atoms with E-state index in [-0.39, 0.29) is 47.6 Å². The monoisotopic (exact) mass is 555 g/mol. The fourth-order valence-corrected chi connectivity index (χ4v) is 5.00. The van der Waals surface area contributed by atoms with Crippen LogP contribution in [0.4, 0.5) is 26.3 Å². The van der Waals surface area contributed by atoms with Gasteiger partial charge in [-0.2, -0.15) is 26.3 Å². The summed E-state index contributed by atoms with van der Waals surface area (Å²) < 4.78 is 85.7. The zero-order chi connectivity index (χ0) is 25.5. The molecule has 2 aliphatic heterocycles. The van der Waals surface area contributed by atoms with Gasteiger partial charge in [-0.1, -0.05) is 30.3 Å². The van der Waals surface area contributed by atoms with Crippen LogP contribution in [0.5, 0.6) is 0 Å². The molecule has 2 heterocycles. The second kappa shape index (κ2) is 11.2. The molecule has 206 valence electrons. The van der Waals surface area contributed by atoms with Crippen molar-refractivity contribution in [2.24, 2.45) is 0 Å². The van der Waals surface area contributed by atoms with Gasteiger partial charge < -0.3 is 20.8 Å². The number of ether oxygens (including phenoxy) is 1. The fourth-order valence-electron chi connectivity index (χ4n) is 5.00. The van der Waals surface area contributed by atoms with Crippen molar-refractivity contribution in [3.8, 4) is 0 Å². The number of halogens is 7. The lowest BCUT2D eigenvalue weighted by atomic mass is 9.76. The number of hydrogen-bond donors (Lipinski definition) is 2. The predicted octanol–water partition coefficient (Wildman–Crippen LogP) is 4.30. The highest BCUT2D eigenvalue weighted by atomic mass is 35.5. The number of rotatable bonds is 5. The maximum absolute atomic E-state index is 13.3. The summed E-state index contributed by atoms with van der Waals surface area (Å²) in [5, 5.41) is 5.15. The largest absolute Gasteiger partial charge is 0.416 e. The van der Waals surface area contributed by atoms with Gasteiger partial charge in [-0.05, 0) is 43.5 Å².